The van der Waals surface area contributed by atoms with Crippen LogP contribution in [-0.4, -0.2) is 52.8 Å². The number of carbonyl (C=O) groups excluding carboxylic acids is 2. The molecule has 186 valence electrons. The largest absolute Gasteiger partial charge is 0.497 e. The molecule has 0 spiro atoms. The maximum Gasteiger partial charge on any atom is 0.356 e. The van der Waals surface area contributed by atoms with Gasteiger partial charge >= 0.3 is 5.97 Å². The van der Waals surface area contributed by atoms with Gasteiger partial charge in [0.15, 0.2) is 5.82 Å². The molecule has 0 aliphatic carbocycles. The molecule has 0 bridgehead atoms. The molecule has 0 unspecified atom stereocenters. The summed E-state index contributed by atoms with van der Waals surface area (Å²) in [4.78, 5) is 25.4. The molecule has 11 heteroatoms. The predicted octanol–water partition coefficient (Wildman–Crippen LogP) is 2.81. The first-order valence-electron chi connectivity index (χ1n) is 11.0. The summed E-state index contributed by atoms with van der Waals surface area (Å²) in [6.07, 6.45) is 0. The molecule has 2 heterocycles. The Balaban J connectivity index is 1.55. The van der Waals surface area contributed by atoms with E-state index in [0.29, 0.717) is 12.3 Å². The molecule has 1 amide bonds. The van der Waals surface area contributed by atoms with Gasteiger partial charge in [0.2, 0.25) is 0 Å². The van der Waals surface area contributed by atoms with Crippen molar-refractivity contribution in [2.24, 2.45) is 0 Å². The van der Waals surface area contributed by atoms with Crippen molar-refractivity contribution in [1.29, 1.82) is 0 Å². The zero-order valence-corrected chi connectivity index (χ0v) is 20.1. The third-order valence-electron chi connectivity index (χ3n) is 5.43. The van der Waals surface area contributed by atoms with Gasteiger partial charge in [0.1, 0.15) is 28.7 Å². The summed E-state index contributed by atoms with van der Waals surface area (Å²) < 4.78 is 18.2. The van der Waals surface area contributed by atoms with Crippen molar-refractivity contribution < 1.29 is 23.8 Å². The molecule has 0 aliphatic rings. The van der Waals surface area contributed by atoms with Crippen LogP contribution in [0, 0.1) is 0 Å². The van der Waals surface area contributed by atoms with E-state index in [9.17, 15) is 9.59 Å². The van der Waals surface area contributed by atoms with Crippen LogP contribution in [0.2, 0.25) is 0 Å². The Hall–Kier alpha value is -4.80. The number of nitrogens with zero attached hydrogens (tertiary/aromatic N) is 4. The molecule has 11 nitrogen and oxygen atoms in total. The lowest BCUT2D eigenvalue weighted by atomic mass is 10.2. The van der Waals surface area contributed by atoms with Crippen LogP contribution in [0.3, 0.4) is 0 Å². The van der Waals surface area contributed by atoms with Gasteiger partial charge < -0.3 is 25.3 Å². The number of esters is 1. The molecular formula is C25H26N6O5. The van der Waals surface area contributed by atoms with Crippen LogP contribution in [0.15, 0.2) is 60.7 Å². The minimum absolute atomic E-state index is 0.185. The predicted molar refractivity (Wildman–Crippen MR) is 132 cm³/mol. The zero-order valence-electron chi connectivity index (χ0n) is 20.1. The first-order valence-corrected chi connectivity index (χ1v) is 11.0. The Bertz CT molecular complexity index is 1360. The molecule has 0 aliphatic heterocycles. The summed E-state index contributed by atoms with van der Waals surface area (Å²) in [5, 5.41) is 11.4. The lowest BCUT2D eigenvalue weighted by molar-refractivity contribution is 0.0587. The van der Waals surface area contributed by atoms with Gasteiger partial charge in [-0.15, -0.1) is 0 Å². The van der Waals surface area contributed by atoms with Gasteiger partial charge in [-0.05, 0) is 35.4 Å². The van der Waals surface area contributed by atoms with E-state index in [0.717, 1.165) is 16.9 Å². The number of amides is 1. The van der Waals surface area contributed by atoms with Crippen molar-refractivity contribution in [2.75, 3.05) is 32.4 Å². The number of nitrogens with two attached hydrogens (primary N) is 1. The van der Waals surface area contributed by atoms with Crippen molar-refractivity contribution in [2.45, 2.75) is 13.1 Å². The normalized spacial score (nSPS) is 10.6. The van der Waals surface area contributed by atoms with Crippen molar-refractivity contribution in [1.82, 2.24) is 19.6 Å². The van der Waals surface area contributed by atoms with Crippen molar-refractivity contribution in [3.05, 3.63) is 83.2 Å². The standard InChI is InChI=1S/C25H26N6O5/c1-34-18-8-4-16(5-9-18)14-30-20(12-22(26)28-30)24(32)27-23-13-21(25(33)36-3)31(29-23)15-17-6-10-19(35-2)11-7-17/h4-13H,14-15H2,1-3H3,(H2,26,28)(H,27,29,32). The summed E-state index contributed by atoms with van der Waals surface area (Å²) in [5.41, 5.74) is 8.10. The van der Waals surface area contributed by atoms with Crippen molar-refractivity contribution in [3.63, 3.8) is 0 Å². The van der Waals surface area contributed by atoms with Gasteiger partial charge in [0, 0.05) is 12.1 Å². The van der Waals surface area contributed by atoms with Gasteiger partial charge in [0.25, 0.3) is 5.91 Å². The van der Waals surface area contributed by atoms with E-state index in [2.05, 4.69) is 15.5 Å². The van der Waals surface area contributed by atoms with Crippen LogP contribution in [0.5, 0.6) is 11.5 Å². The fourth-order valence-electron chi connectivity index (χ4n) is 3.60. The van der Waals surface area contributed by atoms with E-state index in [1.807, 2.05) is 48.5 Å². The fourth-order valence-corrected chi connectivity index (χ4v) is 3.60. The van der Waals surface area contributed by atoms with Crippen LogP contribution in [0.1, 0.15) is 32.1 Å². The zero-order chi connectivity index (χ0) is 25.7. The Morgan fingerprint density at radius 1 is 0.806 bits per heavy atom. The molecule has 0 radical (unpaired) electrons. The molecule has 4 rings (SSSR count). The number of nitrogens with one attached hydrogen (secondary N) is 1. The van der Waals surface area contributed by atoms with Gasteiger partial charge in [-0.1, -0.05) is 24.3 Å². The molecule has 3 N–H and O–H groups in total. The van der Waals surface area contributed by atoms with Crippen molar-refractivity contribution >= 4 is 23.5 Å². The first kappa shape index (κ1) is 24.3. The summed E-state index contributed by atoms with van der Waals surface area (Å²) in [6.45, 7) is 0.607. The molecule has 2 aromatic carbocycles. The minimum Gasteiger partial charge on any atom is -0.497 e. The Labute approximate surface area is 207 Å². The average molecular weight is 491 g/mol. The maximum absolute atomic E-state index is 13.1. The Morgan fingerprint density at radius 3 is 1.83 bits per heavy atom. The maximum atomic E-state index is 13.1. The van der Waals surface area contributed by atoms with Gasteiger partial charge in [0.05, 0.1) is 34.4 Å². The number of aromatic nitrogens is 4. The number of rotatable bonds is 9. The highest BCUT2D eigenvalue weighted by Gasteiger charge is 2.20. The van der Waals surface area contributed by atoms with E-state index >= 15 is 0 Å². The topological polar surface area (TPSA) is 136 Å². The quantitative estimate of drug-likeness (QED) is 0.342. The van der Waals surface area contributed by atoms with Crippen LogP contribution in [0.4, 0.5) is 11.6 Å². The third kappa shape index (κ3) is 5.46. The number of anilines is 2. The summed E-state index contributed by atoms with van der Waals surface area (Å²) in [7, 11) is 4.46. The van der Waals surface area contributed by atoms with Crippen LogP contribution < -0.4 is 20.5 Å². The van der Waals surface area contributed by atoms with Gasteiger partial charge in [-0.25, -0.2) is 4.79 Å². The average Bonchev–Trinajstić information content (AvgIpc) is 3.46. The number of ether oxygens (including phenoxy) is 3. The van der Waals surface area contributed by atoms with Gasteiger partial charge in [-0.2, -0.15) is 10.2 Å². The second-order valence-corrected chi connectivity index (χ2v) is 7.83. The van der Waals surface area contributed by atoms with E-state index in [4.69, 9.17) is 19.9 Å². The third-order valence-corrected chi connectivity index (χ3v) is 5.43. The summed E-state index contributed by atoms with van der Waals surface area (Å²) >= 11 is 0. The molecular weight excluding hydrogens is 464 g/mol. The number of carbonyl (C=O) groups is 2. The molecule has 0 saturated heterocycles. The highest BCUT2D eigenvalue weighted by molar-refractivity contribution is 6.03. The number of hydrogen-bond donors (Lipinski definition) is 2. The number of nitrogen functional groups attached to an aromatic ring is 1. The molecule has 36 heavy (non-hydrogen) atoms. The molecule has 0 fully saturated rings. The number of hydrogen-bond acceptors (Lipinski definition) is 8. The minimum atomic E-state index is -0.578. The van der Waals surface area contributed by atoms with Crippen LogP contribution >= 0.6 is 0 Å². The SMILES string of the molecule is COC(=O)c1cc(NC(=O)c2cc(N)nn2Cc2ccc(OC)cc2)nn1Cc1ccc(OC)cc1. The number of benzene rings is 2. The van der Waals surface area contributed by atoms with E-state index in [1.54, 1.807) is 14.2 Å². The molecule has 2 aromatic heterocycles. The molecule has 0 atom stereocenters. The molecule has 0 saturated carbocycles. The second kappa shape index (κ2) is 10.6. The lowest BCUT2D eigenvalue weighted by Crippen LogP contribution is -2.18. The lowest BCUT2D eigenvalue weighted by Gasteiger charge is -2.08. The van der Waals surface area contributed by atoms with E-state index in [-0.39, 0.29) is 29.6 Å². The van der Waals surface area contributed by atoms with E-state index < -0.39 is 11.9 Å². The Kier molecular flexibility index (Phi) is 7.19. The summed E-state index contributed by atoms with van der Waals surface area (Å²) in [5.74, 6) is 0.774. The van der Waals surface area contributed by atoms with Crippen LogP contribution in [0.25, 0.3) is 0 Å². The summed E-state index contributed by atoms with van der Waals surface area (Å²) in [6, 6.07) is 17.7. The van der Waals surface area contributed by atoms with Crippen molar-refractivity contribution in [3.8, 4) is 11.5 Å². The fraction of sp³-hybridized carbons (Fsp3) is 0.200. The first-order chi connectivity index (χ1) is 17.4. The molecule has 4 aromatic rings. The number of methoxy groups -OCH3 is 3. The van der Waals surface area contributed by atoms with Crippen LogP contribution in [-0.2, 0) is 17.8 Å². The highest BCUT2D eigenvalue weighted by Crippen LogP contribution is 2.18. The van der Waals surface area contributed by atoms with E-state index in [1.165, 1.54) is 28.6 Å². The highest BCUT2D eigenvalue weighted by atomic mass is 16.5. The smallest absolute Gasteiger partial charge is 0.356 e. The monoisotopic (exact) mass is 490 g/mol. The second-order valence-electron chi connectivity index (χ2n) is 7.83. The van der Waals surface area contributed by atoms with Gasteiger partial charge in [-0.3, -0.25) is 14.2 Å². The Morgan fingerprint density at radius 2 is 1.33 bits per heavy atom.